The molecular formula is C19H20ClF2N3O2. The number of primary amides is 1. The van der Waals surface area contributed by atoms with Crippen LogP contribution in [0.2, 0.25) is 0 Å². The van der Waals surface area contributed by atoms with Crippen molar-refractivity contribution in [2.24, 2.45) is 5.73 Å². The van der Waals surface area contributed by atoms with Crippen molar-refractivity contribution in [3.8, 4) is 0 Å². The van der Waals surface area contributed by atoms with Crippen molar-refractivity contribution >= 4 is 24.2 Å². The number of benzene rings is 2. The molecule has 1 fully saturated rings. The molecule has 2 aromatic carbocycles. The number of carbonyl (C=O) groups is 2. The van der Waals surface area contributed by atoms with Crippen LogP contribution in [-0.2, 0) is 0 Å². The first-order chi connectivity index (χ1) is 12.5. The van der Waals surface area contributed by atoms with E-state index in [2.05, 4.69) is 10.6 Å². The third-order valence-electron chi connectivity index (χ3n) is 4.60. The highest BCUT2D eigenvalue weighted by atomic mass is 35.5. The molecular weight excluding hydrogens is 376 g/mol. The fourth-order valence-corrected chi connectivity index (χ4v) is 3.19. The number of hydrogen-bond acceptors (Lipinski definition) is 3. The summed E-state index contributed by atoms with van der Waals surface area (Å²) in [4.78, 5) is 23.6. The van der Waals surface area contributed by atoms with Crippen LogP contribution in [0.4, 0.5) is 8.78 Å². The minimum Gasteiger partial charge on any atom is -0.366 e. The van der Waals surface area contributed by atoms with Gasteiger partial charge in [0.05, 0.1) is 0 Å². The molecule has 0 saturated carbocycles. The molecule has 5 nitrogen and oxygen atoms in total. The molecule has 0 aliphatic carbocycles. The topological polar surface area (TPSA) is 84.2 Å². The Kier molecular flexibility index (Phi) is 6.87. The number of carbonyl (C=O) groups excluding carboxylic acids is 2. The number of amides is 2. The van der Waals surface area contributed by atoms with E-state index in [9.17, 15) is 18.4 Å². The van der Waals surface area contributed by atoms with E-state index in [4.69, 9.17) is 5.73 Å². The smallest absolute Gasteiger partial charge is 0.251 e. The lowest BCUT2D eigenvalue weighted by atomic mass is 9.85. The average Bonchev–Trinajstić information content (AvgIpc) is 2.64. The van der Waals surface area contributed by atoms with Crippen molar-refractivity contribution in [1.29, 1.82) is 0 Å². The zero-order chi connectivity index (χ0) is 18.7. The van der Waals surface area contributed by atoms with Gasteiger partial charge in [-0.25, -0.2) is 8.78 Å². The van der Waals surface area contributed by atoms with Gasteiger partial charge in [0, 0.05) is 29.6 Å². The second-order valence-corrected chi connectivity index (χ2v) is 6.29. The summed E-state index contributed by atoms with van der Waals surface area (Å²) in [6.07, 6.45) is 0.691. The maximum absolute atomic E-state index is 13.6. The van der Waals surface area contributed by atoms with E-state index >= 15 is 0 Å². The maximum Gasteiger partial charge on any atom is 0.251 e. The third-order valence-corrected chi connectivity index (χ3v) is 4.60. The molecule has 8 heteroatoms. The van der Waals surface area contributed by atoms with Gasteiger partial charge in [0.25, 0.3) is 5.91 Å². The van der Waals surface area contributed by atoms with Gasteiger partial charge in [0.2, 0.25) is 5.91 Å². The highest BCUT2D eigenvalue weighted by Gasteiger charge is 2.28. The Bertz CT molecular complexity index is 830. The van der Waals surface area contributed by atoms with Gasteiger partial charge in [-0.3, -0.25) is 9.59 Å². The maximum atomic E-state index is 13.6. The van der Waals surface area contributed by atoms with E-state index in [0.29, 0.717) is 29.7 Å². The monoisotopic (exact) mass is 395 g/mol. The quantitative estimate of drug-likeness (QED) is 0.743. The minimum atomic E-state index is -0.895. The summed E-state index contributed by atoms with van der Waals surface area (Å²) >= 11 is 0. The summed E-state index contributed by atoms with van der Waals surface area (Å²) in [5.41, 5.74) is 6.56. The molecule has 2 atom stereocenters. The first-order valence-corrected chi connectivity index (χ1v) is 8.32. The summed E-state index contributed by atoms with van der Waals surface area (Å²) in [6, 6.07) is 9.61. The highest BCUT2D eigenvalue weighted by molar-refractivity contribution is 5.97. The van der Waals surface area contributed by atoms with Gasteiger partial charge in [-0.2, -0.15) is 0 Å². The summed E-state index contributed by atoms with van der Waals surface area (Å²) in [5.74, 6) is -2.78. The zero-order valence-electron chi connectivity index (χ0n) is 14.4. The van der Waals surface area contributed by atoms with Gasteiger partial charge in [-0.1, -0.05) is 6.07 Å². The van der Waals surface area contributed by atoms with Crippen molar-refractivity contribution in [3.05, 3.63) is 70.8 Å². The number of rotatable bonds is 4. The van der Waals surface area contributed by atoms with E-state index in [1.54, 1.807) is 6.07 Å². The Labute approximate surface area is 161 Å². The summed E-state index contributed by atoms with van der Waals surface area (Å²) in [6.45, 7) is 1.25. The number of hydrogen-bond donors (Lipinski definition) is 3. The van der Waals surface area contributed by atoms with Gasteiger partial charge < -0.3 is 16.4 Å². The van der Waals surface area contributed by atoms with Crippen molar-refractivity contribution in [1.82, 2.24) is 10.6 Å². The third kappa shape index (κ3) is 4.81. The molecule has 144 valence electrons. The number of piperidine rings is 1. The van der Waals surface area contributed by atoms with E-state index in [1.165, 1.54) is 30.3 Å². The lowest BCUT2D eigenvalue weighted by Crippen LogP contribution is -2.50. The van der Waals surface area contributed by atoms with Crippen LogP contribution >= 0.6 is 12.4 Å². The van der Waals surface area contributed by atoms with Gasteiger partial charge in [-0.05, 0) is 54.9 Å². The SMILES string of the molecule is Cl.NC(=O)c1ccc(C(=O)NC2CNCCC2c2ccc(F)c(F)c2)cc1. The molecule has 2 aromatic rings. The molecule has 3 rings (SSSR count). The first kappa shape index (κ1) is 20.8. The Morgan fingerprint density at radius 2 is 1.70 bits per heavy atom. The lowest BCUT2D eigenvalue weighted by molar-refractivity contribution is 0.0922. The molecule has 1 aliphatic heterocycles. The zero-order valence-corrected chi connectivity index (χ0v) is 15.2. The molecule has 0 radical (unpaired) electrons. The largest absolute Gasteiger partial charge is 0.366 e. The summed E-state index contributed by atoms with van der Waals surface area (Å²) < 4.78 is 26.8. The molecule has 1 heterocycles. The molecule has 0 bridgehead atoms. The fourth-order valence-electron chi connectivity index (χ4n) is 3.19. The highest BCUT2D eigenvalue weighted by Crippen LogP contribution is 2.27. The van der Waals surface area contributed by atoms with Crippen LogP contribution in [0.3, 0.4) is 0 Å². The van der Waals surface area contributed by atoms with Crippen molar-refractivity contribution in [3.63, 3.8) is 0 Å². The molecule has 1 aliphatic rings. The van der Waals surface area contributed by atoms with Crippen molar-refractivity contribution < 1.29 is 18.4 Å². The van der Waals surface area contributed by atoms with Crippen LogP contribution in [0, 0.1) is 11.6 Å². The Morgan fingerprint density at radius 3 is 2.33 bits per heavy atom. The second kappa shape index (κ2) is 8.92. The molecule has 4 N–H and O–H groups in total. The second-order valence-electron chi connectivity index (χ2n) is 6.29. The Morgan fingerprint density at radius 1 is 1.04 bits per heavy atom. The van der Waals surface area contributed by atoms with Crippen molar-refractivity contribution in [2.75, 3.05) is 13.1 Å². The standard InChI is InChI=1S/C19H19F2N3O2.ClH/c20-15-6-5-13(9-16(15)21)14-7-8-23-10-17(14)24-19(26)12-3-1-11(2-4-12)18(22)25;/h1-6,9,14,17,23H,7-8,10H2,(H2,22,25)(H,24,26);1H. The average molecular weight is 396 g/mol. The van der Waals surface area contributed by atoms with Gasteiger partial charge >= 0.3 is 0 Å². The van der Waals surface area contributed by atoms with Crippen molar-refractivity contribution in [2.45, 2.75) is 18.4 Å². The van der Waals surface area contributed by atoms with Gasteiger partial charge in [0.15, 0.2) is 11.6 Å². The van der Waals surface area contributed by atoms with E-state index in [0.717, 1.165) is 12.6 Å². The predicted octanol–water partition coefficient (Wildman–Crippen LogP) is 2.36. The Balaban J connectivity index is 0.00000261. The minimum absolute atomic E-state index is 0. The fraction of sp³-hybridized carbons (Fsp3) is 0.263. The van der Waals surface area contributed by atoms with E-state index < -0.39 is 17.5 Å². The van der Waals surface area contributed by atoms with E-state index in [1.807, 2.05) is 0 Å². The van der Waals surface area contributed by atoms with Crippen LogP contribution in [0.1, 0.15) is 38.6 Å². The normalized spacial score (nSPS) is 19.0. The van der Waals surface area contributed by atoms with E-state index in [-0.39, 0.29) is 30.3 Å². The summed E-state index contributed by atoms with van der Waals surface area (Å²) in [5, 5.41) is 6.13. The summed E-state index contributed by atoms with van der Waals surface area (Å²) in [7, 11) is 0. The number of halogens is 3. The van der Waals surface area contributed by atoms with Crippen LogP contribution < -0.4 is 16.4 Å². The van der Waals surface area contributed by atoms with Gasteiger partial charge in [-0.15, -0.1) is 12.4 Å². The van der Waals surface area contributed by atoms with Crippen LogP contribution in [0.5, 0.6) is 0 Å². The molecule has 0 spiro atoms. The predicted molar refractivity (Wildman–Crippen MR) is 100 cm³/mol. The van der Waals surface area contributed by atoms with Crippen LogP contribution in [-0.4, -0.2) is 30.9 Å². The molecule has 27 heavy (non-hydrogen) atoms. The van der Waals surface area contributed by atoms with Crippen LogP contribution in [0.15, 0.2) is 42.5 Å². The molecule has 1 saturated heterocycles. The molecule has 0 aromatic heterocycles. The number of nitrogens with two attached hydrogens (primary N) is 1. The Hall–Kier alpha value is -2.51. The molecule has 2 unspecified atom stereocenters. The van der Waals surface area contributed by atoms with Crippen LogP contribution in [0.25, 0.3) is 0 Å². The lowest BCUT2D eigenvalue weighted by Gasteiger charge is -2.33. The molecule has 2 amide bonds. The van der Waals surface area contributed by atoms with Gasteiger partial charge in [0.1, 0.15) is 0 Å². The number of nitrogens with one attached hydrogen (secondary N) is 2. The first-order valence-electron chi connectivity index (χ1n) is 8.32.